The predicted molar refractivity (Wildman–Crippen MR) is 63.1 cm³/mol. The van der Waals surface area contributed by atoms with Crippen LogP contribution in [0.3, 0.4) is 0 Å². The highest BCUT2D eigenvalue weighted by molar-refractivity contribution is 7.92. The Hall–Kier alpha value is -0.990. The van der Waals surface area contributed by atoms with Crippen molar-refractivity contribution in [3.8, 4) is 0 Å². The van der Waals surface area contributed by atoms with Gasteiger partial charge < -0.3 is 11.1 Å². The number of anilines is 1. The van der Waals surface area contributed by atoms with Gasteiger partial charge in [0.1, 0.15) is 5.75 Å². The van der Waals surface area contributed by atoms with Gasteiger partial charge in [-0.25, -0.2) is 13.4 Å². The summed E-state index contributed by atoms with van der Waals surface area (Å²) in [6.45, 7) is 0.299. The summed E-state index contributed by atoms with van der Waals surface area (Å²) < 4.78 is 22.8. The quantitative estimate of drug-likeness (QED) is 0.742. The van der Waals surface area contributed by atoms with Crippen molar-refractivity contribution in [3.63, 3.8) is 0 Å². The molecule has 0 saturated heterocycles. The zero-order valence-electron chi connectivity index (χ0n) is 8.55. The summed E-state index contributed by atoms with van der Waals surface area (Å²) in [6.07, 6.45) is 1.90. The van der Waals surface area contributed by atoms with Crippen molar-refractivity contribution in [2.24, 2.45) is 5.73 Å². The van der Waals surface area contributed by atoms with Crippen LogP contribution in [0, 0.1) is 0 Å². The third-order valence-corrected chi connectivity index (χ3v) is 3.99. The van der Waals surface area contributed by atoms with Gasteiger partial charge in [0.15, 0.2) is 15.0 Å². The van der Waals surface area contributed by atoms with E-state index in [4.69, 9.17) is 5.73 Å². The number of sulfone groups is 1. The van der Waals surface area contributed by atoms with Crippen LogP contribution in [0.4, 0.5) is 5.13 Å². The number of rotatable bonds is 6. The molecular formula is C8H13N3O3S2. The van der Waals surface area contributed by atoms with Crippen LogP contribution in [0.15, 0.2) is 11.6 Å². The maximum absolute atomic E-state index is 11.4. The summed E-state index contributed by atoms with van der Waals surface area (Å²) in [5.41, 5.74) is 5.20. The molecule has 8 heteroatoms. The first-order chi connectivity index (χ1) is 7.53. The molecule has 1 rings (SSSR count). The lowest BCUT2D eigenvalue weighted by molar-refractivity contribution is -0.113. The molecule has 0 saturated carbocycles. The number of carbonyl (C=O) groups excluding carboxylic acids is 1. The fraction of sp³-hybridized carbons (Fsp3) is 0.500. The summed E-state index contributed by atoms with van der Waals surface area (Å²) in [4.78, 5) is 15.2. The lowest BCUT2D eigenvalue weighted by Crippen LogP contribution is -2.25. The molecule has 0 aliphatic heterocycles. The van der Waals surface area contributed by atoms with E-state index < -0.39 is 21.5 Å². The predicted octanol–water partition coefficient (Wildman–Crippen LogP) is -0.155. The van der Waals surface area contributed by atoms with Crippen LogP contribution < -0.4 is 11.1 Å². The Kier molecular flexibility index (Phi) is 4.84. The fourth-order valence-corrected chi connectivity index (χ4v) is 2.78. The number of aromatic nitrogens is 1. The van der Waals surface area contributed by atoms with Crippen molar-refractivity contribution in [2.45, 2.75) is 6.42 Å². The monoisotopic (exact) mass is 263 g/mol. The number of hydrogen-bond acceptors (Lipinski definition) is 6. The standard InChI is InChI=1S/C8H13N3O3S2/c9-2-1-5-16(13,14)6-7(12)11-8-10-3-4-15-8/h3-4H,1-2,5-6,9H2,(H,10,11,12). The molecule has 0 aliphatic rings. The Morgan fingerprint density at radius 2 is 2.31 bits per heavy atom. The van der Waals surface area contributed by atoms with E-state index in [9.17, 15) is 13.2 Å². The van der Waals surface area contributed by atoms with Gasteiger partial charge in [0, 0.05) is 11.6 Å². The van der Waals surface area contributed by atoms with Gasteiger partial charge in [-0.15, -0.1) is 11.3 Å². The maximum atomic E-state index is 11.4. The first-order valence-electron chi connectivity index (χ1n) is 4.63. The SMILES string of the molecule is NCCCS(=O)(=O)CC(=O)Nc1nccs1. The summed E-state index contributed by atoms with van der Waals surface area (Å²) in [5, 5.41) is 4.51. The van der Waals surface area contributed by atoms with E-state index in [1.54, 1.807) is 5.38 Å². The molecule has 3 N–H and O–H groups in total. The van der Waals surface area contributed by atoms with Gasteiger partial charge in [-0.05, 0) is 13.0 Å². The molecule has 0 bridgehead atoms. The molecule has 16 heavy (non-hydrogen) atoms. The first kappa shape index (κ1) is 13.1. The third kappa shape index (κ3) is 4.69. The molecule has 0 aliphatic carbocycles. The van der Waals surface area contributed by atoms with E-state index in [0.717, 1.165) is 0 Å². The molecule has 1 aromatic heterocycles. The summed E-state index contributed by atoms with van der Waals surface area (Å²) >= 11 is 1.24. The topological polar surface area (TPSA) is 102 Å². The molecule has 1 heterocycles. The normalized spacial score (nSPS) is 11.3. The van der Waals surface area contributed by atoms with Gasteiger partial charge in [-0.2, -0.15) is 0 Å². The van der Waals surface area contributed by atoms with Crippen LogP contribution in [0.25, 0.3) is 0 Å². The average molecular weight is 263 g/mol. The van der Waals surface area contributed by atoms with Crippen LogP contribution >= 0.6 is 11.3 Å². The Labute approximate surface area is 97.8 Å². The molecule has 90 valence electrons. The molecule has 1 amide bonds. The third-order valence-electron chi connectivity index (χ3n) is 1.69. The van der Waals surface area contributed by atoms with Gasteiger partial charge in [0.25, 0.3) is 0 Å². The van der Waals surface area contributed by atoms with E-state index in [1.165, 1.54) is 17.5 Å². The van der Waals surface area contributed by atoms with Crippen molar-refractivity contribution in [1.29, 1.82) is 0 Å². The molecule has 0 fully saturated rings. The number of nitrogens with two attached hydrogens (primary N) is 1. The van der Waals surface area contributed by atoms with Gasteiger partial charge in [-0.1, -0.05) is 0 Å². The Morgan fingerprint density at radius 3 is 2.88 bits per heavy atom. The zero-order chi connectivity index (χ0) is 12.0. The Bertz CT molecular complexity index is 427. The number of thiazole rings is 1. The Balaban J connectivity index is 2.45. The number of nitrogens with zero attached hydrogens (tertiary/aromatic N) is 1. The number of amides is 1. The minimum absolute atomic E-state index is 0.0607. The number of nitrogens with one attached hydrogen (secondary N) is 1. The molecule has 0 radical (unpaired) electrons. The number of hydrogen-bond donors (Lipinski definition) is 2. The smallest absolute Gasteiger partial charge is 0.241 e. The van der Waals surface area contributed by atoms with E-state index in [0.29, 0.717) is 18.1 Å². The summed E-state index contributed by atoms with van der Waals surface area (Å²) in [6, 6.07) is 0. The molecule has 0 unspecified atom stereocenters. The molecule has 6 nitrogen and oxygen atoms in total. The van der Waals surface area contributed by atoms with Crippen molar-refractivity contribution < 1.29 is 13.2 Å². The van der Waals surface area contributed by atoms with E-state index in [-0.39, 0.29) is 5.75 Å². The molecule has 0 aromatic carbocycles. The van der Waals surface area contributed by atoms with Crippen LogP contribution in [0.2, 0.25) is 0 Å². The Morgan fingerprint density at radius 1 is 1.56 bits per heavy atom. The summed E-state index contributed by atoms with van der Waals surface area (Å²) in [5.74, 6) is -1.14. The summed E-state index contributed by atoms with van der Waals surface area (Å²) in [7, 11) is -3.36. The zero-order valence-corrected chi connectivity index (χ0v) is 10.2. The van der Waals surface area contributed by atoms with Crippen molar-refractivity contribution in [1.82, 2.24) is 4.98 Å². The first-order valence-corrected chi connectivity index (χ1v) is 7.33. The van der Waals surface area contributed by atoms with Crippen LogP contribution in [0.5, 0.6) is 0 Å². The van der Waals surface area contributed by atoms with Gasteiger partial charge >= 0.3 is 0 Å². The molecule has 0 spiro atoms. The minimum atomic E-state index is -3.36. The van der Waals surface area contributed by atoms with Gasteiger partial charge in [0.05, 0.1) is 5.75 Å². The van der Waals surface area contributed by atoms with Crippen molar-refractivity contribution >= 4 is 32.2 Å². The highest BCUT2D eigenvalue weighted by Crippen LogP contribution is 2.10. The van der Waals surface area contributed by atoms with Crippen molar-refractivity contribution in [2.75, 3.05) is 23.4 Å². The van der Waals surface area contributed by atoms with Crippen LogP contribution in [0.1, 0.15) is 6.42 Å². The lowest BCUT2D eigenvalue weighted by atomic mass is 10.5. The lowest BCUT2D eigenvalue weighted by Gasteiger charge is -2.03. The maximum Gasteiger partial charge on any atom is 0.241 e. The molecular weight excluding hydrogens is 250 g/mol. The second-order valence-corrected chi connectivity index (χ2v) is 6.20. The highest BCUT2D eigenvalue weighted by Gasteiger charge is 2.16. The average Bonchev–Trinajstić information content (AvgIpc) is 2.66. The molecule has 0 atom stereocenters. The van der Waals surface area contributed by atoms with Gasteiger partial charge in [-0.3, -0.25) is 4.79 Å². The van der Waals surface area contributed by atoms with Crippen LogP contribution in [-0.2, 0) is 14.6 Å². The highest BCUT2D eigenvalue weighted by atomic mass is 32.2. The number of carbonyl (C=O) groups is 1. The molecule has 1 aromatic rings. The van der Waals surface area contributed by atoms with E-state index >= 15 is 0 Å². The van der Waals surface area contributed by atoms with Crippen LogP contribution in [-0.4, -0.2) is 37.4 Å². The largest absolute Gasteiger partial charge is 0.330 e. The fourth-order valence-electron chi connectivity index (χ4n) is 1.02. The van der Waals surface area contributed by atoms with Crippen molar-refractivity contribution in [3.05, 3.63) is 11.6 Å². The second-order valence-electron chi connectivity index (χ2n) is 3.12. The van der Waals surface area contributed by atoms with E-state index in [2.05, 4.69) is 10.3 Å². The minimum Gasteiger partial charge on any atom is -0.330 e. The van der Waals surface area contributed by atoms with Gasteiger partial charge in [0.2, 0.25) is 5.91 Å². The van der Waals surface area contributed by atoms with E-state index in [1.807, 2.05) is 0 Å². The second kappa shape index (κ2) is 5.92.